The lowest BCUT2D eigenvalue weighted by Gasteiger charge is -2.07. The third kappa shape index (κ3) is 1.92. The quantitative estimate of drug-likeness (QED) is 0.685. The molecule has 3 heteroatoms. The maximum Gasteiger partial charge on any atom is 0.121 e. The van der Waals surface area contributed by atoms with Gasteiger partial charge < -0.3 is 16.2 Å². The van der Waals surface area contributed by atoms with Crippen molar-refractivity contribution in [1.29, 1.82) is 0 Å². The minimum atomic E-state index is 0.420. The van der Waals surface area contributed by atoms with Gasteiger partial charge in [0.25, 0.3) is 0 Å². The molecule has 0 atom stereocenters. The highest BCUT2D eigenvalue weighted by Crippen LogP contribution is 2.28. The molecular formula is C10H14N2O. The number of nitrogens with two attached hydrogens (primary N) is 2. The van der Waals surface area contributed by atoms with Crippen molar-refractivity contribution in [2.24, 2.45) is 5.73 Å². The van der Waals surface area contributed by atoms with Crippen LogP contribution in [-0.4, -0.2) is 6.10 Å². The number of ether oxygens (including phenoxy) is 1. The Morgan fingerprint density at radius 1 is 1.38 bits per heavy atom. The van der Waals surface area contributed by atoms with Crippen LogP contribution < -0.4 is 16.2 Å². The standard InChI is InChI=1S/C10H14N2O/c11-6-7-1-2-9(5-10(7)12)13-8-3-4-8/h1-2,5,8H,3-4,6,11-12H2. The maximum atomic E-state index is 5.77. The van der Waals surface area contributed by atoms with Crippen molar-refractivity contribution in [2.75, 3.05) is 5.73 Å². The van der Waals surface area contributed by atoms with Gasteiger partial charge in [0, 0.05) is 18.3 Å². The second-order valence-corrected chi connectivity index (χ2v) is 3.38. The molecule has 0 heterocycles. The average Bonchev–Trinajstić information content (AvgIpc) is 2.89. The molecule has 1 fully saturated rings. The van der Waals surface area contributed by atoms with E-state index in [1.807, 2.05) is 18.2 Å². The highest BCUT2D eigenvalue weighted by atomic mass is 16.5. The summed E-state index contributed by atoms with van der Waals surface area (Å²) in [6, 6.07) is 5.70. The predicted molar refractivity (Wildman–Crippen MR) is 52.4 cm³/mol. The van der Waals surface area contributed by atoms with Gasteiger partial charge in [-0.05, 0) is 24.5 Å². The Bertz CT molecular complexity index is 308. The molecule has 0 unspecified atom stereocenters. The van der Waals surface area contributed by atoms with Crippen LogP contribution in [0.1, 0.15) is 18.4 Å². The van der Waals surface area contributed by atoms with E-state index < -0.39 is 0 Å². The van der Waals surface area contributed by atoms with Crippen molar-refractivity contribution in [2.45, 2.75) is 25.5 Å². The van der Waals surface area contributed by atoms with Gasteiger partial charge in [0.1, 0.15) is 5.75 Å². The summed E-state index contributed by atoms with van der Waals surface area (Å²) in [7, 11) is 0. The van der Waals surface area contributed by atoms with Crippen LogP contribution in [0.5, 0.6) is 5.75 Å². The molecule has 0 radical (unpaired) electrons. The third-order valence-electron chi connectivity index (χ3n) is 2.16. The predicted octanol–water partition coefficient (Wildman–Crippen LogP) is 1.27. The maximum absolute atomic E-state index is 5.77. The second-order valence-electron chi connectivity index (χ2n) is 3.38. The highest BCUT2D eigenvalue weighted by Gasteiger charge is 2.23. The van der Waals surface area contributed by atoms with E-state index in [1.165, 1.54) is 12.8 Å². The summed E-state index contributed by atoms with van der Waals surface area (Å²) in [6.07, 6.45) is 2.75. The van der Waals surface area contributed by atoms with Crippen LogP contribution in [0, 0.1) is 0 Å². The summed E-state index contributed by atoms with van der Waals surface area (Å²) in [5, 5.41) is 0. The molecule has 0 aliphatic heterocycles. The Morgan fingerprint density at radius 2 is 2.15 bits per heavy atom. The summed E-state index contributed by atoms with van der Waals surface area (Å²) >= 11 is 0. The van der Waals surface area contributed by atoms with Crippen LogP contribution >= 0.6 is 0 Å². The number of hydrogen-bond donors (Lipinski definition) is 2. The first kappa shape index (κ1) is 8.38. The van der Waals surface area contributed by atoms with Crippen LogP contribution in [0.4, 0.5) is 5.69 Å². The van der Waals surface area contributed by atoms with Gasteiger partial charge in [-0.1, -0.05) is 6.07 Å². The van der Waals surface area contributed by atoms with Crippen molar-refractivity contribution in [1.82, 2.24) is 0 Å². The van der Waals surface area contributed by atoms with E-state index >= 15 is 0 Å². The van der Waals surface area contributed by atoms with Gasteiger partial charge in [0.15, 0.2) is 0 Å². The van der Waals surface area contributed by atoms with Gasteiger partial charge in [-0.3, -0.25) is 0 Å². The van der Waals surface area contributed by atoms with Gasteiger partial charge in [0.05, 0.1) is 6.10 Å². The van der Waals surface area contributed by atoms with Crippen molar-refractivity contribution in [3.05, 3.63) is 23.8 Å². The molecule has 4 N–H and O–H groups in total. The first-order valence-corrected chi connectivity index (χ1v) is 4.54. The van der Waals surface area contributed by atoms with E-state index in [0.717, 1.165) is 17.0 Å². The van der Waals surface area contributed by atoms with Gasteiger partial charge in [-0.2, -0.15) is 0 Å². The van der Waals surface area contributed by atoms with E-state index in [0.29, 0.717) is 12.6 Å². The fourth-order valence-electron chi connectivity index (χ4n) is 1.21. The molecule has 1 aliphatic carbocycles. The molecule has 2 rings (SSSR count). The molecule has 1 aromatic carbocycles. The number of benzene rings is 1. The molecule has 13 heavy (non-hydrogen) atoms. The molecule has 0 bridgehead atoms. The molecule has 1 aromatic rings. The van der Waals surface area contributed by atoms with Crippen LogP contribution in [0.3, 0.4) is 0 Å². The zero-order valence-corrected chi connectivity index (χ0v) is 7.49. The van der Waals surface area contributed by atoms with Gasteiger partial charge in [-0.25, -0.2) is 0 Å². The van der Waals surface area contributed by atoms with E-state index in [9.17, 15) is 0 Å². The third-order valence-corrected chi connectivity index (χ3v) is 2.16. The van der Waals surface area contributed by atoms with E-state index in [1.54, 1.807) is 0 Å². The van der Waals surface area contributed by atoms with E-state index in [-0.39, 0.29) is 0 Å². The molecule has 1 saturated carbocycles. The Morgan fingerprint density at radius 3 is 2.69 bits per heavy atom. The lowest BCUT2D eigenvalue weighted by atomic mass is 10.2. The number of anilines is 1. The smallest absolute Gasteiger partial charge is 0.121 e. The SMILES string of the molecule is NCc1ccc(OC2CC2)cc1N. The molecule has 1 aliphatic rings. The lowest BCUT2D eigenvalue weighted by Crippen LogP contribution is -2.02. The topological polar surface area (TPSA) is 61.3 Å². The first-order valence-electron chi connectivity index (χ1n) is 4.54. The molecule has 0 amide bonds. The minimum Gasteiger partial charge on any atom is -0.490 e. The zero-order chi connectivity index (χ0) is 9.26. The Hall–Kier alpha value is -1.22. The Kier molecular flexibility index (Phi) is 2.10. The zero-order valence-electron chi connectivity index (χ0n) is 7.49. The van der Waals surface area contributed by atoms with E-state index in [2.05, 4.69) is 0 Å². The van der Waals surface area contributed by atoms with Crippen LogP contribution in [-0.2, 0) is 6.54 Å². The number of nitrogen functional groups attached to an aromatic ring is 1. The molecule has 70 valence electrons. The fourth-order valence-corrected chi connectivity index (χ4v) is 1.21. The minimum absolute atomic E-state index is 0.420. The first-order chi connectivity index (χ1) is 6.29. The summed E-state index contributed by atoms with van der Waals surface area (Å²) in [6.45, 7) is 0.482. The normalized spacial score (nSPS) is 15.8. The summed E-state index contributed by atoms with van der Waals surface area (Å²) in [5.74, 6) is 0.859. The highest BCUT2D eigenvalue weighted by molar-refractivity contribution is 5.51. The van der Waals surface area contributed by atoms with E-state index in [4.69, 9.17) is 16.2 Å². The van der Waals surface area contributed by atoms with Crippen LogP contribution in [0.2, 0.25) is 0 Å². The van der Waals surface area contributed by atoms with Crippen molar-refractivity contribution in [3.63, 3.8) is 0 Å². The van der Waals surface area contributed by atoms with Crippen molar-refractivity contribution < 1.29 is 4.74 Å². The number of rotatable bonds is 3. The average molecular weight is 178 g/mol. The van der Waals surface area contributed by atoms with Crippen LogP contribution in [0.25, 0.3) is 0 Å². The number of hydrogen-bond acceptors (Lipinski definition) is 3. The van der Waals surface area contributed by atoms with Crippen molar-refractivity contribution in [3.8, 4) is 5.75 Å². The summed E-state index contributed by atoms with van der Waals surface area (Å²) in [5.41, 5.74) is 13.0. The molecule has 3 nitrogen and oxygen atoms in total. The monoisotopic (exact) mass is 178 g/mol. The molecular weight excluding hydrogens is 164 g/mol. The van der Waals surface area contributed by atoms with Gasteiger partial charge in [-0.15, -0.1) is 0 Å². The lowest BCUT2D eigenvalue weighted by molar-refractivity contribution is 0.303. The molecule has 0 spiro atoms. The largest absolute Gasteiger partial charge is 0.490 e. The Labute approximate surface area is 77.7 Å². The summed E-state index contributed by atoms with van der Waals surface area (Å²) in [4.78, 5) is 0. The van der Waals surface area contributed by atoms with Crippen molar-refractivity contribution >= 4 is 5.69 Å². The van der Waals surface area contributed by atoms with Gasteiger partial charge >= 0.3 is 0 Å². The molecule has 0 aromatic heterocycles. The molecule has 0 saturated heterocycles. The fraction of sp³-hybridized carbons (Fsp3) is 0.400. The summed E-state index contributed by atoms with van der Waals surface area (Å²) < 4.78 is 5.58. The van der Waals surface area contributed by atoms with Gasteiger partial charge in [0.2, 0.25) is 0 Å². The Balaban J connectivity index is 2.13. The second kappa shape index (κ2) is 3.26. The van der Waals surface area contributed by atoms with Crippen LogP contribution in [0.15, 0.2) is 18.2 Å².